The predicted molar refractivity (Wildman–Crippen MR) is 93.5 cm³/mol. The molecule has 1 N–H and O–H groups in total. The number of halogens is 1. The molecule has 2 rings (SSSR count). The smallest absolute Gasteiger partial charge is 0.262 e. The van der Waals surface area contributed by atoms with E-state index in [9.17, 15) is 4.79 Å². The van der Waals surface area contributed by atoms with Crippen LogP contribution in [-0.4, -0.2) is 12.5 Å². The Labute approximate surface area is 139 Å². The van der Waals surface area contributed by atoms with Gasteiger partial charge in [0.05, 0.1) is 4.47 Å². The molecule has 0 unspecified atom stereocenters. The van der Waals surface area contributed by atoms with Gasteiger partial charge in [-0.3, -0.25) is 4.79 Å². The maximum Gasteiger partial charge on any atom is 0.262 e. The van der Waals surface area contributed by atoms with Crippen molar-refractivity contribution >= 4 is 27.5 Å². The van der Waals surface area contributed by atoms with Crippen molar-refractivity contribution in [2.75, 3.05) is 11.9 Å². The van der Waals surface area contributed by atoms with Crippen molar-refractivity contribution < 1.29 is 9.53 Å². The van der Waals surface area contributed by atoms with Crippen LogP contribution in [0.1, 0.15) is 25.0 Å². The average Bonchev–Trinajstić information content (AvgIpc) is 2.54. The molecule has 0 saturated carbocycles. The first kappa shape index (κ1) is 16.6. The van der Waals surface area contributed by atoms with Gasteiger partial charge in [0.25, 0.3) is 5.91 Å². The van der Waals surface area contributed by atoms with Gasteiger partial charge in [0.1, 0.15) is 5.75 Å². The number of aryl methyl sites for hydroxylation is 2. The molecule has 0 saturated heterocycles. The van der Waals surface area contributed by atoms with E-state index in [1.807, 2.05) is 42.5 Å². The minimum Gasteiger partial charge on any atom is -0.483 e. The third-order valence-corrected chi connectivity index (χ3v) is 4.06. The third-order valence-electron chi connectivity index (χ3n) is 3.44. The van der Waals surface area contributed by atoms with E-state index in [1.165, 1.54) is 5.56 Å². The van der Waals surface area contributed by atoms with Gasteiger partial charge in [-0.2, -0.15) is 0 Å². The molecule has 0 aromatic heterocycles. The first-order valence-corrected chi connectivity index (χ1v) is 8.22. The molecule has 3 nitrogen and oxygen atoms in total. The van der Waals surface area contributed by atoms with Gasteiger partial charge in [0, 0.05) is 5.69 Å². The lowest BCUT2D eigenvalue weighted by molar-refractivity contribution is -0.118. The normalized spacial score (nSPS) is 10.3. The van der Waals surface area contributed by atoms with Crippen molar-refractivity contribution in [2.24, 2.45) is 0 Å². The molecule has 0 aliphatic rings. The Morgan fingerprint density at radius 3 is 2.59 bits per heavy atom. The molecule has 0 radical (unpaired) electrons. The summed E-state index contributed by atoms with van der Waals surface area (Å²) in [7, 11) is 0. The molecule has 0 heterocycles. The number of hydrogen-bond donors (Lipinski definition) is 1. The minimum absolute atomic E-state index is 0.0118. The molecular formula is C18H20BrNO2. The number of carbonyl (C=O) groups excluding carboxylic acids is 1. The Morgan fingerprint density at radius 1 is 1.14 bits per heavy atom. The number of hydrogen-bond acceptors (Lipinski definition) is 2. The van der Waals surface area contributed by atoms with Crippen LogP contribution in [-0.2, 0) is 17.6 Å². The molecule has 0 aliphatic heterocycles. The number of rotatable bonds is 6. The van der Waals surface area contributed by atoms with Crippen LogP contribution in [0, 0.1) is 0 Å². The van der Waals surface area contributed by atoms with Gasteiger partial charge >= 0.3 is 0 Å². The van der Waals surface area contributed by atoms with Crippen LogP contribution in [0.4, 0.5) is 5.69 Å². The third kappa shape index (κ3) is 4.34. The van der Waals surface area contributed by atoms with E-state index in [2.05, 4.69) is 35.1 Å². The number of carbonyl (C=O) groups is 1. The molecule has 2 aromatic rings. The Morgan fingerprint density at radius 2 is 1.91 bits per heavy atom. The van der Waals surface area contributed by atoms with Crippen LogP contribution in [0.5, 0.6) is 5.75 Å². The Hall–Kier alpha value is -1.81. The van der Waals surface area contributed by atoms with E-state index in [1.54, 1.807) is 0 Å². The van der Waals surface area contributed by atoms with Gasteiger partial charge in [0.15, 0.2) is 6.61 Å². The molecule has 1 amide bonds. The fraction of sp³-hybridized carbons (Fsp3) is 0.278. The number of nitrogens with one attached hydrogen (secondary N) is 1. The van der Waals surface area contributed by atoms with E-state index >= 15 is 0 Å². The van der Waals surface area contributed by atoms with E-state index in [4.69, 9.17) is 4.74 Å². The highest BCUT2D eigenvalue weighted by atomic mass is 79.9. The quantitative estimate of drug-likeness (QED) is 0.816. The summed E-state index contributed by atoms with van der Waals surface area (Å²) in [6.07, 6.45) is 1.84. The first-order valence-electron chi connectivity index (χ1n) is 7.43. The molecule has 2 aromatic carbocycles. The molecule has 4 heteroatoms. The predicted octanol–water partition coefficient (Wildman–Crippen LogP) is 4.59. The summed E-state index contributed by atoms with van der Waals surface area (Å²) in [6, 6.07) is 13.7. The number of para-hydroxylation sites is 1. The van der Waals surface area contributed by atoms with Gasteiger partial charge in [-0.05, 0) is 58.1 Å². The summed E-state index contributed by atoms with van der Waals surface area (Å²) in [5.74, 6) is 0.517. The Bertz CT molecular complexity index is 655. The number of ether oxygens (including phenoxy) is 1. The zero-order chi connectivity index (χ0) is 15.9. The highest BCUT2D eigenvalue weighted by Crippen LogP contribution is 2.26. The summed E-state index contributed by atoms with van der Waals surface area (Å²) in [5.41, 5.74) is 3.18. The van der Waals surface area contributed by atoms with Gasteiger partial charge in [0.2, 0.25) is 0 Å². The maximum atomic E-state index is 12.0. The van der Waals surface area contributed by atoms with Crippen LogP contribution in [0.3, 0.4) is 0 Å². The molecule has 0 atom stereocenters. The van der Waals surface area contributed by atoms with Gasteiger partial charge in [-0.25, -0.2) is 0 Å². The van der Waals surface area contributed by atoms with Crippen molar-refractivity contribution in [3.63, 3.8) is 0 Å². The molecule has 0 aliphatic carbocycles. The fourth-order valence-electron chi connectivity index (χ4n) is 2.16. The van der Waals surface area contributed by atoms with Crippen molar-refractivity contribution in [3.8, 4) is 5.75 Å². The largest absolute Gasteiger partial charge is 0.483 e. The highest BCUT2D eigenvalue weighted by molar-refractivity contribution is 9.10. The standard InChI is InChI=1S/C18H20BrNO2/c1-3-13-9-10-17(15(19)11-13)22-12-18(21)20-16-8-6-5-7-14(16)4-2/h5-11H,3-4,12H2,1-2H3,(H,20,21). The highest BCUT2D eigenvalue weighted by Gasteiger charge is 2.08. The van der Waals surface area contributed by atoms with Gasteiger partial charge in [-0.1, -0.05) is 38.1 Å². The molecule has 0 fully saturated rings. The van der Waals surface area contributed by atoms with E-state index in [-0.39, 0.29) is 12.5 Å². The summed E-state index contributed by atoms with van der Waals surface area (Å²) < 4.78 is 6.45. The first-order chi connectivity index (χ1) is 10.6. The van der Waals surface area contributed by atoms with Crippen LogP contribution in [0.25, 0.3) is 0 Å². The monoisotopic (exact) mass is 361 g/mol. The Kier molecular flexibility index (Phi) is 6.01. The van der Waals surface area contributed by atoms with E-state index in [0.29, 0.717) is 5.75 Å². The summed E-state index contributed by atoms with van der Waals surface area (Å²) >= 11 is 3.47. The molecule has 0 spiro atoms. The summed E-state index contributed by atoms with van der Waals surface area (Å²) in [5, 5.41) is 2.89. The van der Waals surface area contributed by atoms with Crippen LogP contribution in [0.2, 0.25) is 0 Å². The van der Waals surface area contributed by atoms with E-state index in [0.717, 1.165) is 28.6 Å². The SMILES string of the molecule is CCc1ccc(OCC(=O)Nc2ccccc2CC)c(Br)c1. The fourth-order valence-corrected chi connectivity index (χ4v) is 2.70. The topological polar surface area (TPSA) is 38.3 Å². The second kappa shape index (κ2) is 7.99. The zero-order valence-electron chi connectivity index (χ0n) is 12.9. The van der Waals surface area contributed by atoms with Crippen LogP contribution < -0.4 is 10.1 Å². The Balaban J connectivity index is 1.95. The van der Waals surface area contributed by atoms with Gasteiger partial charge in [-0.15, -0.1) is 0 Å². The minimum atomic E-state index is -0.160. The van der Waals surface area contributed by atoms with Crippen molar-refractivity contribution in [2.45, 2.75) is 26.7 Å². The second-order valence-electron chi connectivity index (χ2n) is 4.97. The second-order valence-corrected chi connectivity index (χ2v) is 5.82. The van der Waals surface area contributed by atoms with Crippen LogP contribution in [0.15, 0.2) is 46.9 Å². The molecular weight excluding hydrogens is 342 g/mol. The van der Waals surface area contributed by atoms with Crippen LogP contribution >= 0.6 is 15.9 Å². The van der Waals surface area contributed by atoms with Gasteiger partial charge < -0.3 is 10.1 Å². The lowest BCUT2D eigenvalue weighted by Crippen LogP contribution is -2.21. The lowest BCUT2D eigenvalue weighted by Gasteiger charge is -2.11. The zero-order valence-corrected chi connectivity index (χ0v) is 14.4. The van der Waals surface area contributed by atoms with Crippen molar-refractivity contribution in [3.05, 3.63) is 58.1 Å². The summed E-state index contributed by atoms with van der Waals surface area (Å²) in [6.45, 7) is 4.15. The molecule has 0 bridgehead atoms. The average molecular weight is 362 g/mol. The number of anilines is 1. The maximum absolute atomic E-state index is 12.0. The number of benzene rings is 2. The molecule has 22 heavy (non-hydrogen) atoms. The lowest BCUT2D eigenvalue weighted by atomic mass is 10.1. The molecule has 116 valence electrons. The van der Waals surface area contributed by atoms with Crippen molar-refractivity contribution in [1.82, 2.24) is 0 Å². The van der Waals surface area contributed by atoms with Crippen molar-refractivity contribution in [1.29, 1.82) is 0 Å². The summed E-state index contributed by atoms with van der Waals surface area (Å²) in [4.78, 5) is 12.0. The number of amides is 1. The van der Waals surface area contributed by atoms with E-state index < -0.39 is 0 Å².